The number of nitrogens with zero attached hydrogens (tertiary/aromatic N) is 1. The molecule has 0 aromatic carbocycles. The summed E-state index contributed by atoms with van der Waals surface area (Å²) >= 11 is -2.02. The topological polar surface area (TPSA) is 170 Å². The number of carboxylic acids is 1. The Kier molecular flexibility index (Phi) is 9.46. The van der Waals surface area contributed by atoms with Gasteiger partial charge in [0.05, 0.1) is 24.0 Å². The second-order valence-corrected chi connectivity index (χ2v) is 7.20. The van der Waals surface area contributed by atoms with E-state index in [1.165, 1.54) is 6.92 Å². The molecule has 4 atom stereocenters. The second-order valence-electron chi connectivity index (χ2n) is 4.75. The summed E-state index contributed by atoms with van der Waals surface area (Å²) in [5.41, 5.74) is -0.587. The van der Waals surface area contributed by atoms with Crippen molar-refractivity contribution in [2.75, 3.05) is 5.94 Å². The number of aliphatic carboxylic acids is 1. The zero-order chi connectivity index (χ0) is 16.8. The first-order chi connectivity index (χ1) is 10.1. The second kappa shape index (κ2) is 9.15. The summed E-state index contributed by atoms with van der Waals surface area (Å²) in [4.78, 5) is 23.8. The van der Waals surface area contributed by atoms with Crippen molar-refractivity contribution < 1.29 is 101 Å². The number of fused-ring (bicyclic) bond motifs is 1. The summed E-state index contributed by atoms with van der Waals surface area (Å²) in [6.45, 7) is 1.19. The molecule has 4 unspecified atom stereocenters. The number of carbonyl (C=O) groups excluding carboxylic acids is 2. The number of amides is 1. The van der Waals surface area contributed by atoms with E-state index >= 15 is 0 Å². The Morgan fingerprint density at radius 2 is 2.04 bits per heavy atom. The molecule has 0 spiro atoms. The maximum Gasteiger partial charge on any atom is 1.00 e. The SMILES string of the molecule is CC(OS(=O)(=O)[O-])C1C(=O)N2C(C(=O)[O-])=C([S+]([O-])CO)CC12.[Na+].[Na+]. The quantitative estimate of drug-likeness (QED) is 0.150. The fourth-order valence-electron chi connectivity index (χ4n) is 2.73. The van der Waals surface area contributed by atoms with Gasteiger partial charge in [-0.3, -0.25) is 8.98 Å². The zero-order valence-electron chi connectivity index (χ0n) is 13.1. The average Bonchev–Trinajstić information content (AvgIpc) is 2.70. The first kappa shape index (κ1) is 24.8. The molecule has 24 heavy (non-hydrogen) atoms. The van der Waals surface area contributed by atoms with Gasteiger partial charge in [-0.25, -0.2) is 8.42 Å². The van der Waals surface area contributed by atoms with E-state index < -0.39 is 63.2 Å². The van der Waals surface area contributed by atoms with E-state index in [-0.39, 0.29) is 70.4 Å². The van der Waals surface area contributed by atoms with Crippen LogP contribution in [0.5, 0.6) is 0 Å². The van der Waals surface area contributed by atoms with Gasteiger partial charge in [0.1, 0.15) is 5.70 Å². The predicted octanol–water partition coefficient (Wildman–Crippen LogP) is -9.25. The van der Waals surface area contributed by atoms with Crippen molar-refractivity contribution in [2.45, 2.75) is 25.5 Å². The number of hydrogen-bond acceptors (Lipinski definition) is 9. The number of hydrogen-bond donors (Lipinski definition) is 1. The van der Waals surface area contributed by atoms with Crippen LogP contribution >= 0.6 is 0 Å². The summed E-state index contributed by atoms with van der Waals surface area (Å²) < 4.78 is 47.6. The Morgan fingerprint density at radius 1 is 1.50 bits per heavy atom. The largest absolute Gasteiger partial charge is 1.00 e. The molecule has 0 aliphatic carbocycles. The third-order valence-electron chi connectivity index (χ3n) is 3.53. The van der Waals surface area contributed by atoms with Crippen LogP contribution in [0, 0.1) is 5.92 Å². The molecule has 1 saturated heterocycles. The summed E-state index contributed by atoms with van der Waals surface area (Å²) in [5.74, 6) is -4.39. The molecule has 0 aromatic heterocycles. The first-order valence-corrected chi connectivity index (χ1v) is 8.64. The number of rotatable bonds is 6. The predicted molar refractivity (Wildman–Crippen MR) is 66.2 cm³/mol. The molecule has 0 saturated carbocycles. The van der Waals surface area contributed by atoms with E-state index in [9.17, 15) is 32.2 Å². The normalized spacial score (nSPS) is 25.2. The Balaban J connectivity index is 0.00000264. The van der Waals surface area contributed by atoms with Crippen molar-refractivity contribution in [3.05, 3.63) is 10.6 Å². The van der Waals surface area contributed by atoms with Crippen LogP contribution in [0.1, 0.15) is 13.3 Å². The minimum Gasteiger partial charge on any atom is -0.726 e. The van der Waals surface area contributed by atoms with Crippen molar-refractivity contribution in [3.8, 4) is 0 Å². The monoisotopic (exact) mass is 399 g/mol. The van der Waals surface area contributed by atoms with Crippen molar-refractivity contribution >= 4 is 33.5 Å². The molecule has 1 amide bonds. The molecular weight excluding hydrogens is 388 g/mol. The van der Waals surface area contributed by atoms with E-state index in [0.717, 1.165) is 4.90 Å². The van der Waals surface area contributed by atoms with Gasteiger partial charge in [0.15, 0.2) is 4.91 Å². The smallest absolute Gasteiger partial charge is 0.726 e. The molecule has 2 heterocycles. The van der Waals surface area contributed by atoms with Gasteiger partial charge in [-0.2, -0.15) is 0 Å². The fourth-order valence-corrected chi connectivity index (χ4v) is 4.13. The van der Waals surface area contributed by atoms with E-state index in [1.54, 1.807) is 0 Å². The number of aliphatic hydroxyl groups excluding tert-OH is 1. The van der Waals surface area contributed by atoms with Crippen LogP contribution in [0.25, 0.3) is 0 Å². The molecule has 0 radical (unpaired) electrons. The first-order valence-electron chi connectivity index (χ1n) is 5.99. The number of β-lactam (4-membered cyclic amide) rings is 1. The third-order valence-corrected chi connectivity index (χ3v) is 5.21. The molecule has 2 aliphatic rings. The van der Waals surface area contributed by atoms with Crippen LogP contribution in [0.15, 0.2) is 10.6 Å². The minimum absolute atomic E-state index is 0. The zero-order valence-corrected chi connectivity index (χ0v) is 18.8. The van der Waals surface area contributed by atoms with Gasteiger partial charge >= 0.3 is 59.1 Å². The van der Waals surface area contributed by atoms with Gasteiger partial charge in [0.2, 0.25) is 22.2 Å². The van der Waals surface area contributed by atoms with Crippen LogP contribution in [-0.4, -0.2) is 57.5 Å². The molecule has 14 heteroatoms. The van der Waals surface area contributed by atoms with E-state index in [2.05, 4.69) is 4.18 Å². The Bertz CT molecular complexity index is 653. The molecule has 1 N–H and O–H groups in total. The molecular formula is C10H11NNa2O9S2. The van der Waals surface area contributed by atoms with Gasteiger partial charge in [0.25, 0.3) is 0 Å². The standard InChI is InChI=1S/C10H13NO9S2.2Na/c1-4(20-22(17,18)19)7-5-2-6(21(16)3-12)8(10(14)15)11(5)9(7)13;;/h4-5,7,12H,2-3H2,1H3,(H,14,15)(H,17,18,19);;/q;2*+1/p-2. The van der Waals surface area contributed by atoms with Crippen LogP contribution in [0.4, 0.5) is 0 Å². The van der Waals surface area contributed by atoms with E-state index in [0.29, 0.717) is 0 Å². The molecule has 124 valence electrons. The van der Waals surface area contributed by atoms with E-state index in [4.69, 9.17) is 5.11 Å². The van der Waals surface area contributed by atoms with Crippen molar-refractivity contribution in [3.63, 3.8) is 0 Å². The van der Waals surface area contributed by atoms with Crippen LogP contribution in [0.3, 0.4) is 0 Å². The molecule has 1 fully saturated rings. The Hall–Kier alpha value is 0.820. The average molecular weight is 399 g/mol. The number of carbonyl (C=O) groups is 2. The third kappa shape index (κ3) is 4.75. The van der Waals surface area contributed by atoms with Crippen LogP contribution in [-0.2, 0) is 35.3 Å². The summed E-state index contributed by atoms with van der Waals surface area (Å²) in [5, 5.41) is 20.0. The van der Waals surface area contributed by atoms with Gasteiger partial charge in [0, 0.05) is 17.6 Å². The van der Waals surface area contributed by atoms with Gasteiger partial charge < -0.3 is 29.0 Å². The molecule has 10 nitrogen and oxygen atoms in total. The Labute approximate surface area is 185 Å². The van der Waals surface area contributed by atoms with Crippen LogP contribution < -0.4 is 64.2 Å². The van der Waals surface area contributed by atoms with Gasteiger partial charge in [-0.1, -0.05) is 0 Å². The molecule has 0 aromatic rings. The summed E-state index contributed by atoms with van der Waals surface area (Å²) in [6, 6.07) is -0.803. The summed E-state index contributed by atoms with van der Waals surface area (Å²) in [7, 11) is -5.02. The van der Waals surface area contributed by atoms with Crippen molar-refractivity contribution in [2.24, 2.45) is 5.92 Å². The van der Waals surface area contributed by atoms with E-state index in [1.807, 2.05) is 0 Å². The fraction of sp³-hybridized carbons (Fsp3) is 0.600. The van der Waals surface area contributed by atoms with Crippen LogP contribution in [0.2, 0.25) is 0 Å². The van der Waals surface area contributed by atoms with Crippen molar-refractivity contribution in [1.82, 2.24) is 4.90 Å². The van der Waals surface area contributed by atoms with Crippen molar-refractivity contribution in [1.29, 1.82) is 0 Å². The molecule has 2 aliphatic heterocycles. The maximum atomic E-state index is 12.0. The van der Waals surface area contributed by atoms with Gasteiger partial charge in [-0.15, -0.1) is 0 Å². The minimum atomic E-state index is -5.02. The number of carboxylic acid groups (broad SMARTS) is 1. The molecule has 0 bridgehead atoms. The molecule has 2 rings (SSSR count). The number of aliphatic hydroxyl groups is 1. The Morgan fingerprint density at radius 3 is 2.46 bits per heavy atom. The summed E-state index contributed by atoms with van der Waals surface area (Å²) in [6.07, 6.45) is -1.43. The van der Waals surface area contributed by atoms with Gasteiger partial charge in [-0.05, 0) is 6.92 Å². The maximum absolute atomic E-state index is 12.0.